The molecule has 1 N–H and O–H groups in total. The van der Waals surface area contributed by atoms with Crippen molar-refractivity contribution in [3.63, 3.8) is 0 Å². The first-order chi connectivity index (χ1) is 9.24. The van der Waals surface area contributed by atoms with Crippen LogP contribution in [0.4, 0.5) is 0 Å². The van der Waals surface area contributed by atoms with Crippen molar-refractivity contribution in [1.29, 1.82) is 0 Å². The molecule has 0 fully saturated rings. The summed E-state index contributed by atoms with van der Waals surface area (Å²) in [6, 6.07) is 5.36. The average Bonchev–Trinajstić information content (AvgIpc) is 2.33. The van der Waals surface area contributed by atoms with Crippen LogP contribution in [0.1, 0.15) is 25.8 Å². The Balaban J connectivity index is 2.70. The molecule has 1 rings (SSSR count). The maximum atomic E-state index is 11.7. The predicted molar refractivity (Wildman–Crippen MR) is 86.0 cm³/mol. The molecule has 1 aromatic rings. The third-order valence-electron chi connectivity index (χ3n) is 2.98. The van der Waals surface area contributed by atoms with E-state index in [-0.39, 0.29) is 17.7 Å². The Morgan fingerprint density at radius 3 is 2.35 bits per heavy atom. The van der Waals surface area contributed by atoms with Gasteiger partial charge in [0.05, 0.1) is 0 Å². The second-order valence-electron chi connectivity index (χ2n) is 5.28. The minimum absolute atomic E-state index is 0.114. The van der Waals surface area contributed by atoms with Crippen LogP contribution in [-0.4, -0.2) is 28.7 Å². The summed E-state index contributed by atoms with van der Waals surface area (Å²) in [4.78, 5) is 11.7. The minimum atomic E-state index is -0.957. The standard InChI is InChI=1S/C14H19Cl2NO2S/c1-14(2,9-17-12(18)7-8-20(3)19)13-10(15)5-4-6-11(13)16/h4-6H,7-9H2,1-3H3,(H,17,18)/t20-/m0/s1. The fraction of sp³-hybridized carbons (Fsp3) is 0.500. The number of benzene rings is 1. The zero-order valence-electron chi connectivity index (χ0n) is 11.8. The van der Waals surface area contributed by atoms with Gasteiger partial charge in [0.1, 0.15) is 0 Å². The van der Waals surface area contributed by atoms with Gasteiger partial charge in [0.25, 0.3) is 0 Å². The number of carbonyl (C=O) groups is 1. The largest absolute Gasteiger partial charge is 0.355 e. The zero-order chi connectivity index (χ0) is 15.3. The molecule has 1 amide bonds. The van der Waals surface area contributed by atoms with Gasteiger partial charge >= 0.3 is 0 Å². The Kier molecular flexibility index (Phi) is 6.49. The van der Waals surface area contributed by atoms with Crippen LogP contribution in [0.3, 0.4) is 0 Å². The van der Waals surface area contributed by atoms with Crippen LogP contribution in [0, 0.1) is 0 Å². The molecule has 112 valence electrons. The lowest BCUT2D eigenvalue weighted by atomic mass is 9.84. The van der Waals surface area contributed by atoms with Crippen LogP contribution in [0.25, 0.3) is 0 Å². The summed E-state index contributed by atoms with van der Waals surface area (Å²) >= 11 is 12.4. The Hall–Kier alpha value is -0.580. The summed E-state index contributed by atoms with van der Waals surface area (Å²) < 4.78 is 11.0. The van der Waals surface area contributed by atoms with E-state index in [0.29, 0.717) is 22.3 Å². The van der Waals surface area contributed by atoms with Gasteiger partial charge < -0.3 is 5.32 Å². The fourth-order valence-electron chi connectivity index (χ4n) is 1.88. The van der Waals surface area contributed by atoms with E-state index >= 15 is 0 Å². The molecule has 3 nitrogen and oxygen atoms in total. The van der Waals surface area contributed by atoms with Gasteiger partial charge in [-0.1, -0.05) is 43.1 Å². The normalized spacial score (nSPS) is 13.1. The SMILES string of the molecule is C[S@](=O)CCC(=O)NCC(C)(C)c1c(Cl)cccc1Cl. The number of hydrogen-bond acceptors (Lipinski definition) is 2. The molecule has 0 bridgehead atoms. The average molecular weight is 336 g/mol. The van der Waals surface area contributed by atoms with E-state index in [9.17, 15) is 9.00 Å². The van der Waals surface area contributed by atoms with Crippen molar-refractivity contribution in [2.24, 2.45) is 0 Å². The van der Waals surface area contributed by atoms with E-state index in [1.165, 1.54) is 0 Å². The Morgan fingerprint density at radius 1 is 1.30 bits per heavy atom. The first kappa shape index (κ1) is 17.5. The second kappa shape index (κ2) is 7.43. The van der Waals surface area contributed by atoms with Gasteiger partial charge in [-0.05, 0) is 17.7 Å². The molecule has 0 aliphatic rings. The smallest absolute Gasteiger partial charge is 0.220 e. The molecule has 0 aromatic heterocycles. The lowest BCUT2D eigenvalue weighted by molar-refractivity contribution is -0.120. The van der Waals surface area contributed by atoms with Crippen molar-refractivity contribution in [1.82, 2.24) is 5.32 Å². The first-order valence-corrected chi connectivity index (χ1v) is 8.73. The molecule has 1 aromatic carbocycles. The first-order valence-electron chi connectivity index (χ1n) is 6.25. The van der Waals surface area contributed by atoms with Crippen LogP contribution in [-0.2, 0) is 21.0 Å². The van der Waals surface area contributed by atoms with Gasteiger partial charge in [0.2, 0.25) is 5.91 Å². The van der Waals surface area contributed by atoms with Gasteiger partial charge in [-0.2, -0.15) is 0 Å². The predicted octanol–water partition coefficient (Wildman–Crippen LogP) is 3.16. The molecule has 0 spiro atoms. The zero-order valence-corrected chi connectivity index (χ0v) is 14.2. The molecule has 0 radical (unpaired) electrons. The summed E-state index contributed by atoms with van der Waals surface area (Å²) in [5.74, 6) is 0.260. The quantitative estimate of drug-likeness (QED) is 0.867. The van der Waals surface area contributed by atoms with E-state index in [1.807, 2.05) is 13.8 Å². The van der Waals surface area contributed by atoms with Gasteiger partial charge in [-0.15, -0.1) is 0 Å². The molecule has 1 atom stereocenters. The monoisotopic (exact) mass is 335 g/mol. The molecule has 6 heteroatoms. The maximum absolute atomic E-state index is 11.7. The highest BCUT2D eigenvalue weighted by Gasteiger charge is 2.26. The minimum Gasteiger partial charge on any atom is -0.355 e. The highest BCUT2D eigenvalue weighted by molar-refractivity contribution is 7.84. The van der Waals surface area contributed by atoms with Crippen molar-refractivity contribution in [3.8, 4) is 0 Å². The van der Waals surface area contributed by atoms with Crippen LogP contribution in [0.5, 0.6) is 0 Å². The second-order valence-corrected chi connectivity index (χ2v) is 7.65. The number of hydrogen-bond donors (Lipinski definition) is 1. The van der Waals surface area contributed by atoms with Crippen molar-refractivity contribution < 1.29 is 9.00 Å². The van der Waals surface area contributed by atoms with Crippen LogP contribution in [0.2, 0.25) is 10.0 Å². The molecule has 0 saturated heterocycles. The molecule has 0 saturated carbocycles. The number of halogens is 2. The molecular weight excluding hydrogens is 317 g/mol. The van der Waals surface area contributed by atoms with E-state index in [2.05, 4.69) is 5.32 Å². The van der Waals surface area contributed by atoms with E-state index in [1.54, 1.807) is 24.5 Å². The number of carbonyl (C=O) groups excluding carboxylic acids is 1. The van der Waals surface area contributed by atoms with Gasteiger partial charge in [0, 0.05) is 51.2 Å². The summed E-state index contributed by atoms with van der Waals surface area (Å²) in [6.07, 6.45) is 1.84. The van der Waals surface area contributed by atoms with Crippen LogP contribution in [0.15, 0.2) is 18.2 Å². The van der Waals surface area contributed by atoms with Crippen molar-refractivity contribution in [2.75, 3.05) is 18.6 Å². The van der Waals surface area contributed by atoms with Gasteiger partial charge in [-0.25, -0.2) is 0 Å². The Bertz CT molecular complexity index is 498. The van der Waals surface area contributed by atoms with E-state index < -0.39 is 10.8 Å². The molecule has 20 heavy (non-hydrogen) atoms. The van der Waals surface area contributed by atoms with Gasteiger partial charge in [0.15, 0.2) is 0 Å². The summed E-state index contributed by atoms with van der Waals surface area (Å²) in [5.41, 5.74) is 0.443. The number of rotatable bonds is 6. The third kappa shape index (κ3) is 5.08. The topological polar surface area (TPSA) is 46.2 Å². The van der Waals surface area contributed by atoms with E-state index in [4.69, 9.17) is 23.2 Å². The maximum Gasteiger partial charge on any atom is 0.220 e. The lowest BCUT2D eigenvalue weighted by Crippen LogP contribution is -2.37. The highest BCUT2D eigenvalue weighted by Crippen LogP contribution is 2.35. The molecule has 0 aliphatic heterocycles. The Labute approximate surface area is 132 Å². The summed E-state index contributed by atoms with van der Waals surface area (Å²) in [7, 11) is -0.957. The number of nitrogens with one attached hydrogen (secondary N) is 1. The lowest BCUT2D eigenvalue weighted by Gasteiger charge is -2.27. The molecular formula is C14H19Cl2NO2S. The molecule has 0 heterocycles. The molecule has 0 aliphatic carbocycles. The van der Waals surface area contributed by atoms with Gasteiger partial charge in [-0.3, -0.25) is 9.00 Å². The number of amides is 1. The molecule has 0 unspecified atom stereocenters. The summed E-state index contributed by atoms with van der Waals surface area (Å²) in [6.45, 7) is 4.36. The Morgan fingerprint density at radius 2 is 1.85 bits per heavy atom. The van der Waals surface area contributed by atoms with Crippen molar-refractivity contribution in [2.45, 2.75) is 25.7 Å². The van der Waals surface area contributed by atoms with Crippen LogP contribution < -0.4 is 5.32 Å². The highest BCUT2D eigenvalue weighted by atomic mass is 35.5. The van der Waals surface area contributed by atoms with Crippen molar-refractivity contribution >= 4 is 39.9 Å². The van der Waals surface area contributed by atoms with Crippen LogP contribution >= 0.6 is 23.2 Å². The third-order valence-corrected chi connectivity index (χ3v) is 4.39. The summed E-state index contributed by atoms with van der Waals surface area (Å²) in [5, 5.41) is 4.02. The van der Waals surface area contributed by atoms with E-state index in [0.717, 1.165) is 5.56 Å². The van der Waals surface area contributed by atoms with Crippen molar-refractivity contribution in [3.05, 3.63) is 33.8 Å². The fourth-order valence-corrected chi connectivity index (χ4v) is 3.26.